The van der Waals surface area contributed by atoms with E-state index in [1.54, 1.807) is 5.57 Å². The van der Waals surface area contributed by atoms with Crippen molar-refractivity contribution in [2.75, 3.05) is 13.7 Å². The monoisotopic (exact) mass is 346 g/mol. The Morgan fingerprint density at radius 1 is 1.08 bits per heavy atom. The quantitative estimate of drug-likeness (QED) is 0.683. The second-order valence-corrected chi connectivity index (χ2v) is 10.3. The summed E-state index contributed by atoms with van der Waals surface area (Å²) in [6.07, 6.45) is 13.7. The number of rotatable bonds is 2. The molecule has 4 aliphatic carbocycles. The van der Waals surface area contributed by atoms with Gasteiger partial charge in [0.05, 0.1) is 12.2 Å². The van der Waals surface area contributed by atoms with Crippen molar-refractivity contribution in [1.82, 2.24) is 0 Å². The van der Waals surface area contributed by atoms with Crippen molar-refractivity contribution in [1.29, 1.82) is 0 Å². The Morgan fingerprint density at radius 2 is 1.88 bits per heavy atom. The molecule has 25 heavy (non-hydrogen) atoms. The summed E-state index contributed by atoms with van der Waals surface area (Å²) in [5.74, 6) is 3.24. The van der Waals surface area contributed by atoms with E-state index in [0.717, 1.165) is 37.2 Å². The molecular formula is C23H38O2. The molecule has 0 saturated heterocycles. The van der Waals surface area contributed by atoms with Crippen LogP contribution in [0.3, 0.4) is 0 Å². The van der Waals surface area contributed by atoms with Crippen LogP contribution in [0.4, 0.5) is 0 Å². The molecule has 4 saturated carbocycles. The molecule has 0 aromatic carbocycles. The summed E-state index contributed by atoms with van der Waals surface area (Å²) >= 11 is 0. The Labute approximate surface area is 154 Å². The highest BCUT2D eigenvalue weighted by Crippen LogP contribution is 2.68. The van der Waals surface area contributed by atoms with Gasteiger partial charge in [-0.2, -0.15) is 0 Å². The van der Waals surface area contributed by atoms with E-state index in [4.69, 9.17) is 4.74 Å². The van der Waals surface area contributed by atoms with E-state index in [9.17, 15) is 5.11 Å². The fraction of sp³-hybridized carbons (Fsp3) is 0.913. The number of hydrogen-bond donors (Lipinski definition) is 1. The van der Waals surface area contributed by atoms with Gasteiger partial charge in [0, 0.05) is 7.11 Å². The van der Waals surface area contributed by atoms with E-state index >= 15 is 0 Å². The van der Waals surface area contributed by atoms with Crippen LogP contribution in [0.15, 0.2) is 11.6 Å². The molecule has 1 N–H and O–H groups in total. The van der Waals surface area contributed by atoms with E-state index in [-0.39, 0.29) is 0 Å². The predicted octanol–water partition coefficient (Wildman–Crippen LogP) is 5.35. The topological polar surface area (TPSA) is 29.5 Å². The fourth-order valence-corrected chi connectivity index (χ4v) is 8.11. The number of ether oxygens (including phenoxy) is 1. The van der Waals surface area contributed by atoms with Crippen LogP contribution >= 0.6 is 0 Å². The van der Waals surface area contributed by atoms with Gasteiger partial charge >= 0.3 is 0 Å². The third-order valence-corrected chi connectivity index (χ3v) is 9.26. The first kappa shape index (κ1) is 18.0. The second kappa shape index (κ2) is 6.09. The van der Waals surface area contributed by atoms with Crippen LogP contribution in [-0.2, 0) is 4.74 Å². The van der Waals surface area contributed by atoms with Crippen LogP contribution in [0, 0.1) is 34.5 Å². The minimum atomic E-state index is -0.455. The molecule has 142 valence electrons. The lowest BCUT2D eigenvalue weighted by atomic mass is 9.44. The van der Waals surface area contributed by atoms with Crippen LogP contribution in [0.25, 0.3) is 0 Å². The van der Waals surface area contributed by atoms with Gasteiger partial charge in [-0.25, -0.2) is 0 Å². The molecular weight excluding hydrogens is 308 g/mol. The van der Waals surface area contributed by atoms with Crippen LogP contribution in [0.5, 0.6) is 0 Å². The zero-order chi connectivity index (χ0) is 17.9. The highest BCUT2D eigenvalue weighted by molar-refractivity contribution is 5.24. The van der Waals surface area contributed by atoms with E-state index in [0.29, 0.717) is 16.7 Å². The standard InChI is InChI=1S/C23H38O2/c1-5-16-7-9-19-18-8-6-17-14-21(2,24)12-13-23(17,15-25-4)20(18)10-11-22(16,19)3/h5,17-20,24H,6-15H2,1-4H3/b16-5-/t17-,18+,19+,20+,21-,22-,23-/m1/s1. The van der Waals surface area contributed by atoms with E-state index in [1.807, 2.05) is 7.11 Å². The summed E-state index contributed by atoms with van der Waals surface area (Å²) in [5, 5.41) is 10.7. The maximum absolute atomic E-state index is 10.7. The molecule has 2 nitrogen and oxygen atoms in total. The first-order valence-electron chi connectivity index (χ1n) is 10.7. The summed E-state index contributed by atoms with van der Waals surface area (Å²) in [7, 11) is 1.89. The first-order valence-corrected chi connectivity index (χ1v) is 10.7. The normalized spacial score (nSPS) is 54.0. The summed E-state index contributed by atoms with van der Waals surface area (Å²) in [5.41, 5.74) is 2.09. The van der Waals surface area contributed by atoms with Crippen molar-refractivity contribution in [2.24, 2.45) is 34.5 Å². The van der Waals surface area contributed by atoms with Gasteiger partial charge in [-0.15, -0.1) is 0 Å². The van der Waals surface area contributed by atoms with E-state index in [2.05, 4.69) is 26.8 Å². The van der Waals surface area contributed by atoms with E-state index in [1.165, 1.54) is 44.9 Å². The molecule has 7 atom stereocenters. The molecule has 0 radical (unpaired) electrons. The molecule has 0 aromatic rings. The third kappa shape index (κ3) is 2.57. The van der Waals surface area contributed by atoms with Crippen molar-refractivity contribution in [3.63, 3.8) is 0 Å². The molecule has 0 heterocycles. The molecule has 4 fully saturated rings. The Hall–Kier alpha value is -0.340. The molecule has 0 unspecified atom stereocenters. The van der Waals surface area contributed by atoms with Crippen molar-refractivity contribution < 1.29 is 9.84 Å². The van der Waals surface area contributed by atoms with Gasteiger partial charge in [0.25, 0.3) is 0 Å². The average Bonchev–Trinajstić information content (AvgIpc) is 2.91. The molecule has 0 amide bonds. The van der Waals surface area contributed by atoms with Crippen molar-refractivity contribution >= 4 is 0 Å². The van der Waals surface area contributed by atoms with Crippen molar-refractivity contribution in [3.05, 3.63) is 11.6 Å². The fourth-order valence-electron chi connectivity index (χ4n) is 8.11. The van der Waals surface area contributed by atoms with Crippen LogP contribution < -0.4 is 0 Å². The Morgan fingerprint density at radius 3 is 2.60 bits per heavy atom. The van der Waals surface area contributed by atoms with Crippen LogP contribution in [0.2, 0.25) is 0 Å². The molecule has 0 spiro atoms. The molecule has 0 aliphatic heterocycles. The van der Waals surface area contributed by atoms with Gasteiger partial charge in [-0.1, -0.05) is 18.6 Å². The SMILES string of the molecule is C/C=C1/CC[C@H]2[C@@H]3CC[C@@H]4C[C@](C)(O)CC[C@]4(COC)[C@H]3CC[C@]12C. The molecule has 2 heteroatoms. The van der Waals surface area contributed by atoms with Gasteiger partial charge in [-0.3, -0.25) is 0 Å². The number of methoxy groups -OCH3 is 1. The maximum atomic E-state index is 10.7. The summed E-state index contributed by atoms with van der Waals surface area (Å²) in [4.78, 5) is 0. The van der Waals surface area contributed by atoms with Gasteiger partial charge in [0.1, 0.15) is 0 Å². The van der Waals surface area contributed by atoms with Gasteiger partial charge in [0.15, 0.2) is 0 Å². The zero-order valence-corrected chi connectivity index (χ0v) is 16.8. The van der Waals surface area contributed by atoms with Crippen molar-refractivity contribution in [2.45, 2.75) is 84.2 Å². The second-order valence-electron chi connectivity index (χ2n) is 10.3. The smallest absolute Gasteiger partial charge is 0.0622 e. The average molecular weight is 347 g/mol. The zero-order valence-electron chi connectivity index (χ0n) is 16.8. The lowest BCUT2D eigenvalue weighted by molar-refractivity contribution is -0.169. The lowest BCUT2D eigenvalue weighted by Gasteiger charge is -2.62. The van der Waals surface area contributed by atoms with Gasteiger partial charge in [-0.05, 0) is 106 Å². The summed E-state index contributed by atoms with van der Waals surface area (Å²) < 4.78 is 5.84. The van der Waals surface area contributed by atoms with Crippen LogP contribution in [0.1, 0.15) is 78.6 Å². The molecule has 4 aliphatic rings. The molecule has 0 aromatic heterocycles. The minimum Gasteiger partial charge on any atom is -0.390 e. The molecule has 0 bridgehead atoms. The summed E-state index contributed by atoms with van der Waals surface area (Å²) in [6, 6.07) is 0. The number of aliphatic hydroxyl groups is 1. The maximum Gasteiger partial charge on any atom is 0.0622 e. The predicted molar refractivity (Wildman–Crippen MR) is 102 cm³/mol. The van der Waals surface area contributed by atoms with Gasteiger partial charge < -0.3 is 9.84 Å². The Kier molecular flexibility index (Phi) is 4.40. The van der Waals surface area contributed by atoms with Crippen LogP contribution in [-0.4, -0.2) is 24.4 Å². The first-order chi connectivity index (χ1) is 11.9. The third-order valence-electron chi connectivity index (χ3n) is 9.26. The summed E-state index contributed by atoms with van der Waals surface area (Å²) in [6.45, 7) is 7.79. The number of hydrogen-bond acceptors (Lipinski definition) is 2. The Bertz CT molecular complexity index is 550. The lowest BCUT2D eigenvalue weighted by Crippen LogP contribution is -2.58. The largest absolute Gasteiger partial charge is 0.390 e. The number of fused-ring (bicyclic) bond motifs is 5. The minimum absolute atomic E-state index is 0.333. The number of allylic oxidation sites excluding steroid dienone is 2. The highest BCUT2D eigenvalue weighted by Gasteiger charge is 2.61. The molecule has 4 rings (SSSR count). The highest BCUT2D eigenvalue weighted by atomic mass is 16.5. The van der Waals surface area contributed by atoms with Crippen molar-refractivity contribution in [3.8, 4) is 0 Å². The Balaban J connectivity index is 1.66. The van der Waals surface area contributed by atoms with E-state index < -0.39 is 5.60 Å². The van der Waals surface area contributed by atoms with Gasteiger partial charge in [0.2, 0.25) is 0 Å².